The van der Waals surface area contributed by atoms with Crippen LogP contribution >= 0.6 is 0 Å². The number of hydrogen-bond acceptors (Lipinski definition) is 3. The highest BCUT2D eigenvalue weighted by Gasteiger charge is 2.08. The molecule has 0 unspecified atom stereocenters. The highest BCUT2D eigenvalue weighted by atomic mass is 16.5. The van der Waals surface area contributed by atoms with Gasteiger partial charge in [0.15, 0.2) is 0 Å². The van der Waals surface area contributed by atoms with E-state index < -0.39 is 0 Å². The van der Waals surface area contributed by atoms with Crippen LogP contribution in [-0.4, -0.2) is 23.1 Å². The first-order chi connectivity index (χ1) is 7.20. The van der Waals surface area contributed by atoms with Gasteiger partial charge in [0.05, 0.1) is 11.8 Å². The molecule has 0 saturated carbocycles. The Morgan fingerprint density at radius 2 is 2.27 bits per heavy atom. The van der Waals surface area contributed by atoms with E-state index >= 15 is 0 Å². The highest BCUT2D eigenvalue weighted by molar-refractivity contribution is 5.81. The van der Waals surface area contributed by atoms with Gasteiger partial charge in [-0.05, 0) is 26.0 Å². The second-order valence-electron chi connectivity index (χ2n) is 3.67. The van der Waals surface area contributed by atoms with Crippen molar-refractivity contribution in [3.63, 3.8) is 0 Å². The molecule has 0 fully saturated rings. The summed E-state index contributed by atoms with van der Waals surface area (Å²) in [4.78, 5) is 7.47. The molecule has 2 heterocycles. The Balaban J connectivity index is 2.49. The molecule has 0 spiro atoms. The minimum absolute atomic E-state index is 0.122. The molecule has 2 aromatic heterocycles. The number of anilines is 1. The van der Waals surface area contributed by atoms with Crippen LogP contribution in [0.3, 0.4) is 0 Å². The molecule has 0 aliphatic rings. The van der Waals surface area contributed by atoms with E-state index in [4.69, 9.17) is 4.74 Å². The lowest BCUT2D eigenvalue weighted by Gasteiger charge is -2.12. The zero-order valence-electron chi connectivity index (χ0n) is 9.16. The molecular weight excluding hydrogens is 190 g/mol. The third-order valence-electron chi connectivity index (χ3n) is 2.12. The fourth-order valence-corrected chi connectivity index (χ4v) is 1.46. The van der Waals surface area contributed by atoms with Gasteiger partial charge in [0, 0.05) is 18.6 Å². The second-order valence-corrected chi connectivity index (χ2v) is 3.67. The Kier molecular flexibility index (Phi) is 2.49. The Labute approximate surface area is 88.7 Å². The maximum atomic E-state index is 5.62. The summed E-state index contributed by atoms with van der Waals surface area (Å²) in [5.41, 5.74) is 1.76. The molecule has 0 bridgehead atoms. The number of rotatable bonds is 3. The van der Waals surface area contributed by atoms with E-state index in [9.17, 15) is 0 Å². The van der Waals surface area contributed by atoms with Gasteiger partial charge in [-0.1, -0.05) is 0 Å². The summed E-state index contributed by atoms with van der Waals surface area (Å²) < 4.78 is 5.62. The molecule has 0 amide bonds. The third-order valence-corrected chi connectivity index (χ3v) is 2.12. The van der Waals surface area contributed by atoms with E-state index in [0.29, 0.717) is 5.88 Å². The van der Waals surface area contributed by atoms with Crippen molar-refractivity contribution < 1.29 is 4.74 Å². The fourth-order valence-electron chi connectivity index (χ4n) is 1.46. The number of H-pyrrole nitrogens is 1. The quantitative estimate of drug-likeness (QED) is 0.808. The molecule has 2 aromatic rings. The average Bonchev–Trinajstić information content (AvgIpc) is 2.62. The number of nitrogens with one attached hydrogen (secondary N) is 2. The number of nitrogens with zero attached hydrogens (tertiary/aromatic N) is 1. The maximum absolute atomic E-state index is 5.62. The Hall–Kier alpha value is -1.71. The number of hydrogen-bond donors (Lipinski definition) is 2. The Morgan fingerprint density at radius 1 is 1.47 bits per heavy atom. The van der Waals surface area contributed by atoms with Crippen molar-refractivity contribution in [2.75, 3.05) is 12.4 Å². The first-order valence-electron chi connectivity index (χ1n) is 5.03. The van der Waals surface area contributed by atoms with E-state index in [0.717, 1.165) is 16.7 Å². The van der Waals surface area contributed by atoms with Gasteiger partial charge >= 0.3 is 0 Å². The van der Waals surface area contributed by atoms with Crippen LogP contribution in [0.5, 0.6) is 5.88 Å². The van der Waals surface area contributed by atoms with Gasteiger partial charge in [-0.15, -0.1) is 0 Å². The Morgan fingerprint density at radius 3 is 2.93 bits per heavy atom. The number of aromatic amines is 1. The normalized spacial score (nSPS) is 10.9. The number of ether oxygens (including phenoxy) is 1. The number of aromatic nitrogens is 2. The first-order valence-corrected chi connectivity index (χ1v) is 5.03. The average molecular weight is 205 g/mol. The van der Waals surface area contributed by atoms with Crippen LogP contribution in [0.2, 0.25) is 0 Å². The summed E-state index contributed by atoms with van der Waals surface area (Å²) in [5, 5.41) is 4.16. The minimum atomic E-state index is 0.122. The molecule has 0 saturated heterocycles. The van der Waals surface area contributed by atoms with E-state index in [1.165, 1.54) is 0 Å². The monoisotopic (exact) mass is 205 g/mol. The number of pyridine rings is 1. The molecular formula is C11H15N3O. The summed E-state index contributed by atoms with van der Waals surface area (Å²) in [5.74, 6) is 0.641. The molecule has 0 aliphatic carbocycles. The van der Waals surface area contributed by atoms with Gasteiger partial charge in [0.2, 0.25) is 5.88 Å². The van der Waals surface area contributed by atoms with E-state index in [2.05, 4.69) is 15.3 Å². The van der Waals surface area contributed by atoms with E-state index in [1.807, 2.05) is 39.2 Å². The maximum Gasteiger partial charge on any atom is 0.239 e. The minimum Gasteiger partial charge on any atom is -0.473 e. The molecule has 0 aromatic carbocycles. The zero-order valence-corrected chi connectivity index (χ0v) is 9.16. The summed E-state index contributed by atoms with van der Waals surface area (Å²) in [6.07, 6.45) is 1.99. The van der Waals surface area contributed by atoms with Crippen LogP contribution in [-0.2, 0) is 0 Å². The van der Waals surface area contributed by atoms with Gasteiger partial charge in [0.1, 0.15) is 5.65 Å². The van der Waals surface area contributed by atoms with Crippen LogP contribution in [0.15, 0.2) is 18.3 Å². The smallest absolute Gasteiger partial charge is 0.239 e. The van der Waals surface area contributed by atoms with Gasteiger partial charge in [-0.25, -0.2) is 0 Å². The highest BCUT2D eigenvalue weighted by Crippen LogP contribution is 2.26. The topological polar surface area (TPSA) is 49.9 Å². The van der Waals surface area contributed by atoms with Crippen molar-refractivity contribution in [2.45, 2.75) is 20.0 Å². The molecule has 15 heavy (non-hydrogen) atoms. The van der Waals surface area contributed by atoms with Crippen molar-refractivity contribution in [1.82, 2.24) is 9.97 Å². The lowest BCUT2D eigenvalue weighted by molar-refractivity contribution is 0.235. The van der Waals surface area contributed by atoms with Gasteiger partial charge in [-0.3, -0.25) is 0 Å². The van der Waals surface area contributed by atoms with Crippen LogP contribution in [0, 0.1) is 0 Å². The molecule has 80 valence electrons. The summed E-state index contributed by atoms with van der Waals surface area (Å²) in [7, 11) is 1.86. The molecule has 4 nitrogen and oxygen atoms in total. The SMILES string of the molecule is CNc1cc2cc[nH]c2nc1OC(C)C. The van der Waals surface area contributed by atoms with Gasteiger partial charge in [-0.2, -0.15) is 4.98 Å². The lowest BCUT2D eigenvalue weighted by Crippen LogP contribution is -2.09. The van der Waals surface area contributed by atoms with E-state index in [-0.39, 0.29) is 6.10 Å². The van der Waals surface area contributed by atoms with Crippen molar-refractivity contribution in [3.05, 3.63) is 18.3 Å². The molecule has 2 N–H and O–H groups in total. The van der Waals surface area contributed by atoms with Crippen LogP contribution in [0.4, 0.5) is 5.69 Å². The predicted octanol–water partition coefficient (Wildman–Crippen LogP) is 2.39. The van der Waals surface area contributed by atoms with Crippen molar-refractivity contribution in [1.29, 1.82) is 0 Å². The summed E-state index contributed by atoms with van der Waals surface area (Å²) in [6, 6.07) is 4.01. The zero-order chi connectivity index (χ0) is 10.8. The Bertz CT molecular complexity index is 462. The van der Waals surface area contributed by atoms with Crippen molar-refractivity contribution >= 4 is 16.7 Å². The van der Waals surface area contributed by atoms with Crippen LogP contribution < -0.4 is 10.1 Å². The molecule has 0 aliphatic heterocycles. The van der Waals surface area contributed by atoms with E-state index in [1.54, 1.807) is 0 Å². The molecule has 4 heteroatoms. The largest absolute Gasteiger partial charge is 0.473 e. The fraction of sp³-hybridized carbons (Fsp3) is 0.364. The van der Waals surface area contributed by atoms with Crippen LogP contribution in [0.25, 0.3) is 11.0 Å². The van der Waals surface area contributed by atoms with Gasteiger partial charge < -0.3 is 15.0 Å². The third kappa shape index (κ3) is 1.88. The van der Waals surface area contributed by atoms with Crippen molar-refractivity contribution in [3.8, 4) is 5.88 Å². The first kappa shape index (κ1) is 9.83. The predicted molar refractivity (Wildman–Crippen MR) is 61.4 cm³/mol. The summed E-state index contributed by atoms with van der Waals surface area (Å²) in [6.45, 7) is 3.97. The molecule has 0 radical (unpaired) electrons. The standard InChI is InChI=1S/C11H15N3O/c1-7(2)15-11-9(12-3)6-8-4-5-13-10(8)14-11/h4-7,12H,1-3H3,(H,13,14). The molecule has 0 atom stereocenters. The van der Waals surface area contributed by atoms with Crippen LogP contribution in [0.1, 0.15) is 13.8 Å². The lowest BCUT2D eigenvalue weighted by atomic mass is 10.3. The molecule has 2 rings (SSSR count). The second kappa shape index (κ2) is 3.81. The number of fused-ring (bicyclic) bond motifs is 1. The summed E-state index contributed by atoms with van der Waals surface area (Å²) >= 11 is 0. The van der Waals surface area contributed by atoms with Crippen molar-refractivity contribution in [2.24, 2.45) is 0 Å². The van der Waals surface area contributed by atoms with Gasteiger partial charge in [0.25, 0.3) is 0 Å².